The average Bonchev–Trinajstić information content (AvgIpc) is 1.61. The highest BCUT2D eigenvalue weighted by Crippen LogP contribution is 2.51. The molecule has 20 nitrogen and oxygen atoms in total. The van der Waals surface area contributed by atoms with E-state index in [-0.39, 0.29) is 40.8 Å². The van der Waals surface area contributed by atoms with Crippen LogP contribution in [0.15, 0.2) is 104 Å². The van der Waals surface area contributed by atoms with Gasteiger partial charge in [0.05, 0.1) is 70.1 Å². The summed E-state index contributed by atoms with van der Waals surface area (Å²) in [7, 11) is 9.29. The molecule has 23 heteroatoms. The number of aromatic nitrogens is 6. The molecule has 88 heavy (non-hydrogen) atoms. The molecule has 460 valence electrons. The van der Waals surface area contributed by atoms with Crippen LogP contribution >= 0.6 is 0 Å². The van der Waals surface area contributed by atoms with E-state index in [0.717, 1.165) is 54.4 Å². The van der Waals surface area contributed by atoms with E-state index < -0.39 is 33.3 Å². The van der Waals surface area contributed by atoms with Crippen LogP contribution < -0.4 is 40.5 Å². The topological polar surface area (TPSA) is 209 Å². The summed E-state index contributed by atoms with van der Waals surface area (Å²) < 4.78 is 76.3. The van der Waals surface area contributed by atoms with Crippen molar-refractivity contribution in [1.82, 2.24) is 38.9 Å². The Balaban J connectivity index is 0.829. The molecule has 4 N–H and O–H groups in total. The Morgan fingerprint density at radius 1 is 0.693 bits per heavy atom. The minimum Gasteiger partial charge on any atom is -0.494 e. The molecule has 0 saturated heterocycles. The number of hydrogen-bond donors (Lipinski definition) is 4. The van der Waals surface area contributed by atoms with E-state index >= 15 is 8.78 Å². The zero-order chi connectivity index (χ0) is 62.6. The number of nitrogens with zero attached hydrogens (tertiary/aromatic N) is 10. The Morgan fingerprint density at radius 3 is 1.65 bits per heavy atom. The molecule has 3 fully saturated rings. The molecule has 0 spiro atoms. The van der Waals surface area contributed by atoms with E-state index in [2.05, 4.69) is 65.0 Å². The van der Waals surface area contributed by atoms with Gasteiger partial charge in [-0.1, -0.05) is 13.2 Å². The van der Waals surface area contributed by atoms with Crippen molar-refractivity contribution in [2.45, 2.75) is 74.9 Å². The van der Waals surface area contributed by atoms with Gasteiger partial charge < -0.3 is 59.5 Å². The molecule has 0 aliphatic heterocycles. The third kappa shape index (κ3) is 12.2. The molecule has 2 atom stereocenters. The van der Waals surface area contributed by atoms with Crippen LogP contribution in [0.2, 0.25) is 0 Å². The summed E-state index contributed by atoms with van der Waals surface area (Å²) in [5.41, 5.74) is 8.35. The van der Waals surface area contributed by atoms with Crippen LogP contribution in [0.25, 0.3) is 44.3 Å². The number of methoxy groups -OCH3 is 2. The number of aryl methyl sites for hydroxylation is 2. The predicted molar refractivity (Wildman–Crippen MR) is 344 cm³/mol. The molecule has 4 aromatic heterocycles. The largest absolute Gasteiger partial charge is 0.494 e. The van der Waals surface area contributed by atoms with Crippen LogP contribution in [-0.4, -0.2) is 147 Å². The summed E-state index contributed by atoms with van der Waals surface area (Å²) in [5.74, 6) is -1.15. The van der Waals surface area contributed by atoms with Crippen molar-refractivity contribution in [3.05, 3.63) is 127 Å². The lowest BCUT2D eigenvalue weighted by Crippen LogP contribution is -2.33. The first-order valence-corrected chi connectivity index (χ1v) is 31.1. The van der Waals surface area contributed by atoms with Crippen LogP contribution in [0.3, 0.4) is 0 Å². The maximum Gasteiger partial charge on any atom is 0.247 e. The average molecular weight is 1220 g/mol. The summed E-state index contributed by atoms with van der Waals surface area (Å²) in [6, 6.07) is 14.3. The third-order valence-corrected chi connectivity index (χ3v) is 18.2. The lowest BCUT2D eigenvalue weighted by atomic mass is 10.0. The number of anilines is 8. The molecule has 4 heterocycles. The second-order valence-corrected chi connectivity index (χ2v) is 25.5. The van der Waals surface area contributed by atoms with Crippen molar-refractivity contribution in [3.63, 3.8) is 0 Å². The van der Waals surface area contributed by atoms with Crippen molar-refractivity contribution in [2.24, 2.45) is 0 Å². The molecule has 3 saturated carbocycles. The highest BCUT2D eigenvalue weighted by Gasteiger charge is 2.45. The van der Waals surface area contributed by atoms with Gasteiger partial charge in [-0.05, 0) is 127 Å². The number of benzene rings is 4. The first-order chi connectivity index (χ1) is 42.1. The lowest BCUT2D eigenvalue weighted by molar-refractivity contribution is -0.112. The number of halogens is 2. The number of ether oxygens (including phenoxy) is 2. The van der Waals surface area contributed by atoms with Gasteiger partial charge >= 0.3 is 0 Å². The van der Waals surface area contributed by atoms with Crippen LogP contribution in [0.1, 0.15) is 66.8 Å². The smallest absolute Gasteiger partial charge is 0.247 e. The predicted octanol–water partition coefficient (Wildman–Crippen LogP) is 11.2. The number of nitrogens with one attached hydrogen (secondary N) is 4. The van der Waals surface area contributed by atoms with Gasteiger partial charge in [0, 0.05) is 140 Å². The summed E-state index contributed by atoms with van der Waals surface area (Å²) in [4.78, 5) is 53.1. The van der Waals surface area contributed by atoms with Gasteiger partial charge in [-0.15, -0.1) is 0 Å². The van der Waals surface area contributed by atoms with Gasteiger partial charge in [-0.2, -0.15) is 0 Å². The fourth-order valence-corrected chi connectivity index (χ4v) is 13.3. The Morgan fingerprint density at radius 2 is 1.18 bits per heavy atom. The molecular weight excluding hydrogens is 1140 g/mol. The number of likely N-dealkylation sites (N-methyl/N-ethyl adjacent to an activating group) is 4. The van der Waals surface area contributed by atoms with E-state index in [1.165, 1.54) is 24.5 Å². The van der Waals surface area contributed by atoms with Crippen LogP contribution in [-0.2, 0) is 19.4 Å². The molecule has 0 radical (unpaired) electrons. The monoisotopic (exact) mass is 1220 g/mol. The molecule has 3 aliphatic carbocycles. The van der Waals surface area contributed by atoms with Gasteiger partial charge in [0.25, 0.3) is 0 Å². The van der Waals surface area contributed by atoms with Crippen LogP contribution in [0.5, 0.6) is 11.5 Å². The lowest BCUT2D eigenvalue weighted by Gasteiger charge is -2.27. The molecule has 4 aromatic carbocycles. The summed E-state index contributed by atoms with van der Waals surface area (Å²) >= 11 is 0. The van der Waals surface area contributed by atoms with Crippen LogP contribution in [0.4, 0.5) is 54.8 Å². The molecule has 2 amide bonds. The Bertz CT molecular complexity index is 4220. The Hall–Kier alpha value is -8.93. The normalized spacial score (nSPS) is 15.6. The van der Waals surface area contributed by atoms with Crippen molar-refractivity contribution in [2.75, 3.05) is 113 Å². The summed E-state index contributed by atoms with van der Waals surface area (Å²) in [6.07, 6.45) is 15.1. The first kappa shape index (κ1) is 60.7. The molecule has 8 aromatic rings. The fourth-order valence-electron chi connectivity index (χ4n) is 12.0. The number of fused-ring (bicyclic) bond motifs is 2. The van der Waals surface area contributed by atoms with Gasteiger partial charge in [0.2, 0.25) is 23.7 Å². The molecular formula is C65H74F2N14O6S. The number of rotatable bonds is 25. The minimum absolute atomic E-state index is 0.0300. The summed E-state index contributed by atoms with van der Waals surface area (Å²) in [6.45, 7) is 13.4. The zero-order valence-electron chi connectivity index (χ0n) is 51.3. The van der Waals surface area contributed by atoms with Crippen molar-refractivity contribution in [1.29, 1.82) is 0 Å². The SMILES string of the molecule is C=CC(=O)Nc1cc(Nc2nccc(-c3cn(C4CC4)c4cc(F)c(C5CC5N(C)CCN(C)c5cc(OC)c(Nc6nccc(-c7cn(C8CC8)c8cc(C)c(S(C)(=O)=O)c(C)c78)n6)cc5NC(=O)C=C)c(F)c34)n2)c(OC)cc1N(C)CCN(C)C. The molecule has 0 bridgehead atoms. The van der Waals surface area contributed by atoms with Crippen molar-refractivity contribution < 1.29 is 36.3 Å². The molecule has 2 unspecified atom stereocenters. The summed E-state index contributed by atoms with van der Waals surface area (Å²) in [5, 5.41) is 13.5. The Labute approximate surface area is 511 Å². The van der Waals surface area contributed by atoms with E-state index in [0.29, 0.717) is 111 Å². The number of sulfone groups is 1. The number of amides is 2. The molecule has 3 aliphatic rings. The first-order valence-electron chi connectivity index (χ1n) is 29.3. The van der Waals surface area contributed by atoms with Gasteiger partial charge in [0.15, 0.2) is 9.84 Å². The third-order valence-electron chi connectivity index (χ3n) is 16.9. The number of hydrogen-bond acceptors (Lipinski definition) is 16. The second-order valence-electron chi connectivity index (χ2n) is 23.5. The van der Waals surface area contributed by atoms with Crippen LogP contribution in [0, 0.1) is 25.5 Å². The standard InChI is InChI=1S/C65H74F2N14O6S/c1-13-57(82)70-46-30-48(55(86-10)32-51(46)78(8)24-23-76(5)6)75-65-69-22-20-45(73-65)42-35-81(39-17-18-39)54-29-43(66)60(62(67)61(42)54)40-28-50(40)77(7)25-26-79(9)52-33-56(87-11)49(31-47(52)71-58(83)14-2)74-64-68-21-19-44(72-64)41-34-80(38-15-16-38)53-27-36(3)63(88(12,84)85)37(4)59(41)53/h13-14,19-22,27,29-35,38-40,50H,1-2,15-18,23-26,28H2,3-12H3,(H,70,82)(H,71,83)(H,68,72,74)(H,69,73,75). The van der Waals surface area contributed by atoms with Gasteiger partial charge in [-0.25, -0.2) is 37.1 Å². The van der Waals surface area contributed by atoms with Gasteiger partial charge in [0.1, 0.15) is 23.1 Å². The maximum absolute atomic E-state index is 17.6. The van der Waals surface area contributed by atoms with Crippen molar-refractivity contribution in [3.8, 4) is 34.0 Å². The van der Waals surface area contributed by atoms with Crippen molar-refractivity contribution >= 4 is 89.5 Å². The quantitative estimate of drug-likeness (QED) is 0.0392. The van der Waals surface area contributed by atoms with E-state index in [1.54, 1.807) is 56.9 Å². The van der Waals surface area contributed by atoms with Gasteiger partial charge in [-0.3, -0.25) is 9.59 Å². The van der Waals surface area contributed by atoms with E-state index in [9.17, 15) is 18.0 Å². The second kappa shape index (κ2) is 24.3. The highest BCUT2D eigenvalue weighted by atomic mass is 32.2. The maximum atomic E-state index is 17.6. The van der Waals surface area contributed by atoms with E-state index in [4.69, 9.17) is 19.4 Å². The molecule has 11 rings (SSSR count). The number of carbonyl (C=O) groups excluding carboxylic acids is 2. The highest BCUT2D eigenvalue weighted by molar-refractivity contribution is 7.90. The van der Waals surface area contributed by atoms with E-state index in [1.807, 2.05) is 81.8 Å². The fraction of sp³-hybridized carbons (Fsp3) is 0.354. The zero-order valence-corrected chi connectivity index (χ0v) is 52.1. The number of carbonyl (C=O) groups is 2. The minimum atomic E-state index is -3.54. The Kier molecular flexibility index (Phi) is 16.8.